The Balaban J connectivity index is 1.74. The normalized spacial score (nSPS) is 11.1. The van der Waals surface area contributed by atoms with Gasteiger partial charge in [-0.05, 0) is 39.2 Å². The SMILES string of the molecule is Cc1ccc(-c2nc3cc(CCCCC(=O)O)[nH]c3nc2-c2ccc(C)cc2)cc1. The zero-order valence-electron chi connectivity index (χ0n) is 17.3. The van der Waals surface area contributed by atoms with Crippen LogP contribution in [-0.2, 0) is 11.2 Å². The minimum absolute atomic E-state index is 0.200. The molecule has 0 saturated heterocycles. The number of benzene rings is 2. The first-order chi connectivity index (χ1) is 14.5. The summed E-state index contributed by atoms with van der Waals surface area (Å²) in [6.07, 6.45) is 2.46. The molecule has 0 spiro atoms. The van der Waals surface area contributed by atoms with Gasteiger partial charge in [-0.3, -0.25) is 4.79 Å². The average Bonchev–Trinajstić information content (AvgIpc) is 3.13. The third kappa shape index (κ3) is 4.40. The van der Waals surface area contributed by atoms with Crippen LogP contribution in [0.4, 0.5) is 0 Å². The molecule has 5 nitrogen and oxygen atoms in total. The lowest BCUT2D eigenvalue weighted by molar-refractivity contribution is -0.137. The van der Waals surface area contributed by atoms with E-state index >= 15 is 0 Å². The molecule has 0 radical (unpaired) electrons. The molecular formula is C25H25N3O2. The molecule has 0 bridgehead atoms. The summed E-state index contributed by atoms with van der Waals surface area (Å²) >= 11 is 0. The molecule has 4 rings (SSSR count). The Morgan fingerprint density at radius 3 is 2.00 bits per heavy atom. The Morgan fingerprint density at radius 2 is 1.43 bits per heavy atom. The number of aromatic amines is 1. The van der Waals surface area contributed by atoms with E-state index in [-0.39, 0.29) is 6.42 Å². The number of rotatable bonds is 7. The van der Waals surface area contributed by atoms with Gasteiger partial charge in [-0.2, -0.15) is 0 Å². The molecule has 30 heavy (non-hydrogen) atoms. The van der Waals surface area contributed by atoms with E-state index in [0.717, 1.165) is 52.2 Å². The van der Waals surface area contributed by atoms with E-state index in [2.05, 4.69) is 67.4 Å². The van der Waals surface area contributed by atoms with E-state index in [9.17, 15) is 4.79 Å². The van der Waals surface area contributed by atoms with Gasteiger partial charge in [0.15, 0.2) is 5.65 Å². The van der Waals surface area contributed by atoms with Gasteiger partial charge >= 0.3 is 5.97 Å². The first-order valence-electron chi connectivity index (χ1n) is 10.2. The summed E-state index contributed by atoms with van der Waals surface area (Å²) in [5.74, 6) is -0.750. The van der Waals surface area contributed by atoms with Gasteiger partial charge in [-0.25, -0.2) is 9.97 Å². The number of aryl methyl sites for hydroxylation is 3. The number of carbonyl (C=O) groups is 1. The number of aromatic nitrogens is 3. The Morgan fingerprint density at radius 1 is 0.867 bits per heavy atom. The second-order valence-electron chi connectivity index (χ2n) is 7.78. The molecule has 0 aliphatic rings. The minimum Gasteiger partial charge on any atom is -0.481 e. The maximum Gasteiger partial charge on any atom is 0.303 e. The Hall–Kier alpha value is -3.47. The Labute approximate surface area is 175 Å². The van der Waals surface area contributed by atoms with Crippen LogP contribution in [0.15, 0.2) is 54.6 Å². The molecule has 0 unspecified atom stereocenters. The zero-order valence-corrected chi connectivity index (χ0v) is 17.3. The third-order valence-corrected chi connectivity index (χ3v) is 5.25. The van der Waals surface area contributed by atoms with Gasteiger partial charge in [0.05, 0.1) is 11.4 Å². The lowest BCUT2D eigenvalue weighted by Gasteiger charge is -2.09. The molecule has 2 aromatic heterocycles. The highest BCUT2D eigenvalue weighted by Gasteiger charge is 2.15. The van der Waals surface area contributed by atoms with Crippen molar-refractivity contribution in [2.45, 2.75) is 39.5 Å². The predicted molar refractivity (Wildman–Crippen MR) is 119 cm³/mol. The first kappa shape index (κ1) is 19.8. The maximum atomic E-state index is 10.7. The molecule has 5 heteroatoms. The lowest BCUT2D eigenvalue weighted by atomic mass is 10.0. The predicted octanol–water partition coefficient (Wildman–Crippen LogP) is 5.71. The average molecular weight is 399 g/mol. The van der Waals surface area contributed by atoms with Crippen molar-refractivity contribution in [1.82, 2.24) is 15.0 Å². The first-order valence-corrected chi connectivity index (χ1v) is 10.2. The number of nitrogens with one attached hydrogen (secondary N) is 1. The highest BCUT2D eigenvalue weighted by atomic mass is 16.4. The van der Waals surface area contributed by atoms with Crippen molar-refractivity contribution < 1.29 is 9.90 Å². The number of hydrogen-bond acceptors (Lipinski definition) is 3. The molecule has 2 N–H and O–H groups in total. The zero-order chi connectivity index (χ0) is 21.1. The summed E-state index contributed by atoms with van der Waals surface area (Å²) in [5.41, 5.74) is 8.81. The standard InChI is InChI=1S/C25H25N3O2/c1-16-7-11-18(12-8-16)23-24(19-13-9-17(2)10-14-19)28-25-21(27-23)15-20(26-25)5-3-4-6-22(29)30/h7-15H,3-6H2,1-2H3,(H,26,28)(H,29,30). The fourth-order valence-corrected chi connectivity index (χ4v) is 3.55. The van der Waals surface area contributed by atoms with Crippen molar-refractivity contribution in [2.24, 2.45) is 0 Å². The molecule has 0 aliphatic carbocycles. The molecule has 2 heterocycles. The maximum absolute atomic E-state index is 10.7. The largest absolute Gasteiger partial charge is 0.481 e. The minimum atomic E-state index is -0.750. The number of hydrogen-bond donors (Lipinski definition) is 2. The number of fused-ring (bicyclic) bond motifs is 1. The van der Waals surface area contributed by atoms with E-state index in [0.29, 0.717) is 6.42 Å². The van der Waals surface area contributed by atoms with Crippen LogP contribution < -0.4 is 0 Å². The van der Waals surface area contributed by atoms with Gasteiger partial charge in [-0.15, -0.1) is 0 Å². The molecule has 0 fully saturated rings. The van der Waals surface area contributed by atoms with Crippen LogP contribution >= 0.6 is 0 Å². The van der Waals surface area contributed by atoms with Crippen LogP contribution in [0, 0.1) is 13.8 Å². The summed E-state index contributed by atoms with van der Waals surface area (Å²) in [4.78, 5) is 24.0. The van der Waals surface area contributed by atoms with E-state index in [1.165, 1.54) is 11.1 Å². The van der Waals surface area contributed by atoms with Crippen molar-refractivity contribution in [3.05, 3.63) is 71.4 Å². The summed E-state index contributed by atoms with van der Waals surface area (Å²) in [6.45, 7) is 4.14. The Bertz CT molecular complexity index is 1090. The number of unbranched alkanes of at least 4 members (excludes halogenated alkanes) is 1. The summed E-state index contributed by atoms with van der Waals surface area (Å²) in [6, 6.07) is 18.7. The van der Waals surface area contributed by atoms with Crippen molar-refractivity contribution in [1.29, 1.82) is 0 Å². The highest BCUT2D eigenvalue weighted by molar-refractivity contribution is 5.85. The molecular weight excluding hydrogens is 374 g/mol. The van der Waals surface area contributed by atoms with E-state index < -0.39 is 5.97 Å². The van der Waals surface area contributed by atoms with Crippen molar-refractivity contribution in [3.63, 3.8) is 0 Å². The summed E-state index contributed by atoms with van der Waals surface area (Å²) in [5, 5.41) is 8.81. The van der Waals surface area contributed by atoms with Crippen LogP contribution in [0.5, 0.6) is 0 Å². The summed E-state index contributed by atoms with van der Waals surface area (Å²) in [7, 11) is 0. The van der Waals surface area contributed by atoms with Crippen LogP contribution in [0.2, 0.25) is 0 Å². The van der Waals surface area contributed by atoms with Gasteiger partial charge in [0.25, 0.3) is 0 Å². The van der Waals surface area contributed by atoms with E-state index in [1.807, 2.05) is 6.07 Å². The molecule has 4 aromatic rings. The second-order valence-corrected chi connectivity index (χ2v) is 7.78. The second kappa shape index (κ2) is 8.49. The molecule has 0 aliphatic heterocycles. The summed E-state index contributed by atoms with van der Waals surface area (Å²) < 4.78 is 0. The van der Waals surface area contributed by atoms with E-state index in [4.69, 9.17) is 15.1 Å². The third-order valence-electron chi connectivity index (χ3n) is 5.25. The molecule has 0 atom stereocenters. The van der Waals surface area contributed by atoms with Gasteiger partial charge in [0.1, 0.15) is 5.52 Å². The molecule has 152 valence electrons. The topological polar surface area (TPSA) is 78.9 Å². The monoisotopic (exact) mass is 399 g/mol. The van der Waals surface area contributed by atoms with Crippen LogP contribution in [-0.4, -0.2) is 26.0 Å². The fraction of sp³-hybridized carbons (Fsp3) is 0.240. The highest BCUT2D eigenvalue weighted by Crippen LogP contribution is 2.31. The van der Waals surface area contributed by atoms with Crippen molar-refractivity contribution in [2.75, 3.05) is 0 Å². The van der Waals surface area contributed by atoms with Crippen LogP contribution in [0.1, 0.15) is 36.1 Å². The van der Waals surface area contributed by atoms with Gasteiger partial charge < -0.3 is 10.1 Å². The number of aliphatic carboxylic acids is 1. The lowest BCUT2D eigenvalue weighted by Crippen LogP contribution is -1.95. The quantitative estimate of drug-likeness (QED) is 0.390. The van der Waals surface area contributed by atoms with Gasteiger partial charge in [-0.1, -0.05) is 59.7 Å². The molecule has 0 saturated carbocycles. The Kier molecular flexibility index (Phi) is 5.61. The van der Waals surface area contributed by atoms with Crippen molar-refractivity contribution >= 4 is 17.1 Å². The van der Waals surface area contributed by atoms with Crippen LogP contribution in [0.3, 0.4) is 0 Å². The number of carboxylic acids is 1. The smallest absolute Gasteiger partial charge is 0.303 e. The van der Waals surface area contributed by atoms with Gasteiger partial charge in [0.2, 0.25) is 0 Å². The van der Waals surface area contributed by atoms with Crippen molar-refractivity contribution in [3.8, 4) is 22.5 Å². The van der Waals surface area contributed by atoms with E-state index in [1.54, 1.807) is 0 Å². The fourth-order valence-electron chi connectivity index (χ4n) is 3.55. The van der Waals surface area contributed by atoms with Crippen LogP contribution in [0.25, 0.3) is 33.7 Å². The molecule has 2 aromatic carbocycles. The number of nitrogens with zero attached hydrogens (tertiary/aromatic N) is 2. The molecule has 0 amide bonds. The van der Waals surface area contributed by atoms with Gasteiger partial charge in [0, 0.05) is 23.2 Å². The number of H-pyrrole nitrogens is 1. The number of carboxylic acid groups (broad SMARTS) is 1.